The maximum Gasteiger partial charge on any atom is 0.213 e. The number of ether oxygens (including phenoxy) is 1. The third kappa shape index (κ3) is 3.45. The Hall–Kier alpha value is -1.59. The van der Waals surface area contributed by atoms with Crippen molar-refractivity contribution in [1.29, 1.82) is 0 Å². The molecule has 1 aromatic rings. The summed E-state index contributed by atoms with van der Waals surface area (Å²) in [5.74, 6) is 6.28. The topological polar surface area (TPSA) is 62.9 Å². The molecule has 98 valence electrons. The zero-order valence-corrected chi connectivity index (χ0v) is 10.7. The Morgan fingerprint density at radius 3 is 2.94 bits per heavy atom. The van der Waals surface area contributed by atoms with Crippen LogP contribution in [0.2, 0.25) is 0 Å². The van der Waals surface area contributed by atoms with Crippen molar-refractivity contribution in [3.63, 3.8) is 0 Å². The second-order valence-electron chi connectivity index (χ2n) is 4.40. The summed E-state index contributed by atoms with van der Waals surface area (Å²) in [6, 6.07) is 9.79. The number of nitrogens with two attached hydrogens (primary N) is 1. The summed E-state index contributed by atoms with van der Waals surface area (Å²) in [6.45, 7) is 4.56. The summed E-state index contributed by atoms with van der Waals surface area (Å²) < 4.78 is 5.61. The number of hydrazine groups is 1. The van der Waals surface area contributed by atoms with E-state index in [4.69, 9.17) is 10.6 Å². The molecule has 0 amide bonds. The van der Waals surface area contributed by atoms with Gasteiger partial charge >= 0.3 is 0 Å². The molecule has 1 atom stereocenters. The van der Waals surface area contributed by atoms with Crippen molar-refractivity contribution in [2.75, 3.05) is 19.7 Å². The van der Waals surface area contributed by atoms with Crippen LogP contribution in [0.25, 0.3) is 0 Å². The van der Waals surface area contributed by atoms with Gasteiger partial charge < -0.3 is 9.64 Å². The Morgan fingerprint density at radius 1 is 1.44 bits per heavy atom. The van der Waals surface area contributed by atoms with Crippen molar-refractivity contribution in [3.05, 3.63) is 30.3 Å². The normalized spacial score (nSPS) is 21.6. The SMILES string of the molecule is CC1CN(C(=Nc2ccccc2)NN)CCCO1. The number of hydrogen-bond acceptors (Lipinski definition) is 3. The van der Waals surface area contributed by atoms with Crippen LogP contribution < -0.4 is 11.3 Å². The van der Waals surface area contributed by atoms with Gasteiger partial charge in [0.05, 0.1) is 11.8 Å². The fraction of sp³-hybridized carbons (Fsp3) is 0.462. The van der Waals surface area contributed by atoms with Crippen LogP contribution in [-0.2, 0) is 4.74 Å². The maximum atomic E-state index is 5.61. The summed E-state index contributed by atoms with van der Waals surface area (Å²) in [5, 5.41) is 0. The minimum absolute atomic E-state index is 0.196. The smallest absolute Gasteiger partial charge is 0.213 e. The van der Waals surface area contributed by atoms with Crippen molar-refractivity contribution in [2.24, 2.45) is 10.8 Å². The standard InChI is InChI=1S/C13H20N4O/c1-11-10-17(8-5-9-18-11)13(16-14)15-12-6-3-2-4-7-12/h2-4,6-7,11H,5,8-10,14H2,1H3,(H,15,16). The summed E-state index contributed by atoms with van der Waals surface area (Å²) in [5.41, 5.74) is 3.58. The van der Waals surface area contributed by atoms with Gasteiger partial charge in [-0.1, -0.05) is 18.2 Å². The van der Waals surface area contributed by atoms with E-state index in [0.29, 0.717) is 5.96 Å². The molecule has 1 heterocycles. The van der Waals surface area contributed by atoms with E-state index < -0.39 is 0 Å². The van der Waals surface area contributed by atoms with Gasteiger partial charge in [0.25, 0.3) is 0 Å². The van der Waals surface area contributed by atoms with Crippen molar-refractivity contribution in [3.8, 4) is 0 Å². The van der Waals surface area contributed by atoms with Gasteiger partial charge in [-0.15, -0.1) is 0 Å². The summed E-state index contributed by atoms with van der Waals surface area (Å²) >= 11 is 0. The van der Waals surface area contributed by atoms with Gasteiger partial charge in [0.2, 0.25) is 5.96 Å². The van der Waals surface area contributed by atoms with E-state index in [1.54, 1.807) is 0 Å². The van der Waals surface area contributed by atoms with E-state index in [9.17, 15) is 0 Å². The number of nitrogens with one attached hydrogen (secondary N) is 1. The zero-order chi connectivity index (χ0) is 12.8. The van der Waals surface area contributed by atoms with Crippen LogP contribution >= 0.6 is 0 Å². The number of hydrogen-bond donors (Lipinski definition) is 2. The number of aliphatic imine (C=N–C) groups is 1. The van der Waals surface area contributed by atoms with Gasteiger partial charge in [0.15, 0.2) is 0 Å². The monoisotopic (exact) mass is 248 g/mol. The molecule has 18 heavy (non-hydrogen) atoms. The van der Waals surface area contributed by atoms with E-state index >= 15 is 0 Å². The number of rotatable bonds is 1. The second-order valence-corrected chi connectivity index (χ2v) is 4.40. The Kier molecular flexibility index (Phi) is 4.55. The highest BCUT2D eigenvalue weighted by Crippen LogP contribution is 2.12. The van der Waals surface area contributed by atoms with Gasteiger partial charge in [0, 0.05) is 19.7 Å². The third-order valence-corrected chi connectivity index (χ3v) is 2.87. The van der Waals surface area contributed by atoms with Crippen LogP contribution in [0.1, 0.15) is 13.3 Å². The molecule has 5 nitrogen and oxygen atoms in total. The van der Waals surface area contributed by atoms with Crippen LogP contribution in [-0.4, -0.2) is 36.7 Å². The highest BCUT2D eigenvalue weighted by molar-refractivity contribution is 5.82. The molecule has 0 radical (unpaired) electrons. The third-order valence-electron chi connectivity index (χ3n) is 2.87. The lowest BCUT2D eigenvalue weighted by molar-refractivity contribution is 0.0741. The van der Waals surface area contributed by atoms with E-state index in [1.807, 2.05) is 30.3 Å². The van der Waals surface area contributed by atoms with E-state index in [1.165, 1.54) is 0 Å². The van der Waals surface area contributed by atoms with Crippen molar-refractivity contribution in [1.82, 2.24) is 10.3 Å². The highest BCUT2D eigenvalue weighted by Gasteiger charge is 2.17. The molecule has 1 fully saturated rings. The number of guanidine groups is 1. The molecule has 0 aliphatic carbocycles. The van der Waals surface area contributed by atoms with Crippen molar-refractivity contribution >= 4 is 11.6 Å². The molecule has 5 heteroatoms. The second kappa shape index (κ2) is 6.37. The molecule has 3 N–H and O–H groups in total. The fourth-order valence-corrected chi connectivity index (χ4v) is 2.01. The molecule has 0 saturated carbocycles. The highest BCUT2D eigenvalue weighted by atomic mass is 16.5. The van der Waals surface area contributed by atoms with Crippen LogP contribution in [0.3, 0.4) is 0 Å². The zero-order valence-electron chi connectivity index (χ0n) is 10.7. The van der Waals surface area contributed by atoms with Gasteiger partial charge in [-0.2, -0.15) is 0 Å². The van der Waals surface area contributed by atoms with Gasteiger partial charge in [-0.25, -0.2) is 10.8 Å². The summed E-state index contributed by atoms with van der Waals surface area (Å²) in [7, 11) is 0. The lowest BCUT2D eigenvalue weighted by atomic mass is 10.3. The summed E-state index contributed by atoms with van der Waals surface area (Å²) in [4.78, 5) is 6.66. The molecule has 1 aliphatic rings. The molecule has 1 aliphatic heterocycles. The van der Waals surface area contributed by atoms with Gasteiger partial charge in [-0.3, -0.25) is 5.43 Å². The molecule has 0 spiro atoms. The van der Waals surface area contributed by atoms with Crippen LogP contribution in [0.5, 0.6) is 0 Å². The molecule has 1 unspecified atom stereocenters. The fourth-order valence-electron chi connectivity index (χ4n) is 2.01. The Bertz CT molecular complexity index is 393. The molecule has 2 rings (SSSR count). The first-order chi connectivity index (χ1) is 8.79. The molecular formula is C13H20N4O. The number of benzene rings is 1. The average Bonchev–Trinajstić information content (AvgIpc) is 2.62. The van der Waals surface area contributed by atoms with Gasteiger partial charge in [-0.05, 0) is 25.5 Å². The maximum absolute atomic E-state index is 5.61. The first-order valence-electron chi connectivity index (χ1n) is 6.26. The van der Waals surface area contributed by atoms with Crippen LogP contribution in [0.15, 0.2) is 35.3 Å². The largest absolute Gasteiger partial charge is 0.377 e. The number of para-hydroxylation sites is 1. The minimum Gasteiger partial charge on any atom is -0.377 e. The molecule has 1 saturated heterocycles. The minimum atomic E-state index is 0.196. The number of nitrogens with zero attached hydrogens (tertiary/aromatic N) is 2. The quantitative estimate of drug-likeness (QED) is 0.340. The first kappa shape index (κ1) is 12.9. The predicted molar refractivity (Wildman–Crippen MR) is 72.5 cm³/mol. The van der Waals surface area contributed by atoms with Crippen LogP contribution in [0.4, 0.5) is 5.69 Å². The average molecular weight is 248 g/mol. The molecule has 0 aromatic heterocycles. The van der Waals surface area contributed by atoms with Crippen molar-refractivity contribution in [2.45, 2.75) is 19.4 Å². The Morgan fingerprint density at radius 2 is 2.22 bits per heavy atom. The Labute approximate surface area is 108 Å². The lowest BCUT2D eigenvalue weighted by Gasteiger charge is -2.24. The van der Waals surface area contributed by atoms with E-state index in [-0.39, 0.29) is 6.10 Å². The first-order valence-corrected chi connectivity index (χ1v) is 6.26. The van der Waals surface area contributed by atoms with Crippen molar-refractivity contribution < 1.29 is 4.74 Å². The predicted octanol–water partition coefficient (Wildman–Crippen LogP) is 1.25. The molecule has 1 aromatic carbocycles. The summed E-state index contributed by atoms with van der Waals surface area (Å²) in [6.07, 6.45) is 1.18. The molecular weight excluding hydrogens is 228 g/mol. The molecule has 0 bridgehead atoms. The van der Waals surface area contributed by atoms with E-state index in [2.05, 4.69) is 22.2 Å². The Balaban J connectivity index is 2.14. The lowest BCUT2D eigenvalue weighted by Crippen LogP contribution is -2.46. The van der Waals surface area contributed by atoms with E-state index in [0.717, 1.165) is 31.8 Å². The van der Waals surface area contributed by atoms with Crippen LogP contribution in [0, 0.1) is 0 Å². The van der Waals surface area contributed by atoms with Gasteiger partial charge in [0.1, 0.15) is 0 Å².